The molecular weight excluding hydrogens is 230 g/mol. The van der Waals surface area contributed by atoms with Gasteiger partial charge in [0.15, 0.2) is 0 Å². The molecular formula is C9H9N3OS2. The van der Waals surface area contributed by atoms with Crippen LogP contribution in [0.25, 0.3) is 11.4 Å². The number of nitrogens with zero attached hydrogens (tertiary/aromatic N) is 2. The Balaban J connectivity index is 2.58. The van der Waals surface area contributed by atoms with Crippen LogP contribution in [0.4, 0.5) is 0 Å². The van der Waals surface area contributed by atoms with E-state index in [-0.39, 0.29) is 4.77 Å². The van der Waals surface area contributed by atoms with Crippen molar-refractivity contribution in [3.63, 3.8) is 0 Å². The van der Waals surface area contributed by atoms with Crippen LogP contribution in [0.5, 0.6) is 6.01 Å². The van der Waals surface area contributed by atoms with Gasteiger partial charge in [0, 0.05) is 10.4 Å². The quantitative estimate of drug-likeness (QED) is 0.818. The third kappa shape index (κ3) is 2.05. The zero-order valence-corrected chi connectivity index (χ0v) is 9.91. The number of hydrogen-bond donors (Lipinski definition) is 1. The van der Waals surface area contributed by atoms with Crippen LogP contribution >= 0.6 is 23.6 Å². The first-order valence-corrected chi connectivity index (χ1v) is 5.56. The van der Waals surface area contributed by atoms with E-state index < -0.39 is 0 Å². The van der Waals surface area contributed by atoms with Crippen molar-refractivity contribution < 1.29 is 4.74 Å². The summed E-state index contributed by atoms with van der Waals surface area (Å²) in [6, 6.07) is 2.38. The summed E-state index contributed by atoms with van der Waals surface area (Å²) in [5.41, 5.74) is 1.03. The van der Waals surface area contributed by atoms with Crippen LogP contribution in [-0.4, -0.2) is 22.1 Å². The van der Waals surface area contributed by atoms with Gasteiger partial charge in [-0.3, -0.25) is 4.98 Å². The van der Waals surface area contributed by atoms with Crippen LogP contribution in [0.3, 0.4) is 0 Å². The maximum atomic E-state index is 5.00. The Morgan fingerprint density at radius 1 is 1.47 bits per heavy atom. The molecule has 1 N–H and O–H groups in total. The Morgan fingerprint density at radius 3 is 2.87 bits per heavy atom. The number of H-pyrrole nitrogens is 1. The van der Waals surface area contributed by atoms with Crippen molar-refractivity contribution in [3.8, 4) is 17.4 Å². The summed E-state index contributed by atoms with van der Waals surface area (Å²) in [7, 11) is 1.54. The zero-order valence-electron chi connectivity index (χ0n) is 8.27. The minimum Gasteiger partial charge on any atom is -0.468 e. The molecule has 6 heteroatoms. The topological polar surface area (TPSA) is 50.8 Å². The summed E-state index contributed by atoms with van der Waals surface area (Å²) in [4.78, 5) is 12.2. The molecule has 0 radical (unpaired) electrons. The highest BCUT2D eigenvalue weighted by atomic mass is 32.1. The van der Waals surface area contributed by atoms with Gasteiger partial charge in [-0.2, -0.15) is 4.98 Å². The van der Waals surface area contributed by atoms with Crippen molar-refractivity contribution in [2.45, 2.75) is 6.92 Å². The molecule has 0 unspecified atom stereocenters. The highest BCUT2D eigenvalue weighted by Crippen LogP contribution is 2.24. The van der Waals surface area contributed by atoms with Gasteiger partial charge in [0.1, 0.15) is 5.82 Å². The van der Waals surface area contributed by atoms with Gasteiger partial charge in [-0.05, 0) is 30.6 Å². The molecule has 2 aromatic heterocycles. The van der Waals surface area contributed by atoms with Gasteiger partial charge in [-0.15, -0.1) is 11.3 Å². The van der Waals surface area contributed by atoms with Crippen LogP contribution in [0.15, 0.2) is 11.4 Å². The van der Waals surface area contributed by atoms with E-state index in [0.717, 1.165) is 5.56 Å². The molecule has 0 aromatic carbocycles. The molecule has 2 heterocycles. The van der Waals surface area contributed by atoms with Gasteiger partial charge in [0.05, 0.1) is 7.11 Å². The van der Waals surface area contributed by atoms with E-state index in [2.05, 4.69) is 15.0 Å². The standard InChI is InChI=1S/C9H9N3OS2/c1-5-6(3-4-15-5)7-10-8(13-2)12-9(14)11-7/h3-4H,1-2H3,(H,10,11,12,14). The van der Waals surface area contributed by atoms with E-state index in [1.165, 1.54) is 12.0 Å². The van der Waals surface area contributed by atoms with Gasteiger partial charge in [-0.1, -0.05) is 0 Å². The van der Waals surface area contributed by atoms with Gasteiger partial charge < -0.3 is 4.74 Å². The van der Waals surface area contributed by atoms with E-state index in [4.69, 9.17) is 17.0 Å². The van der Waals surface area contributed by atoms with E-state index in [9.17, 15) is 0 Å². The predicted molar refractivity (Wildman–Crippen MR) is 61.8 cm³/mol. The second-order valence-electron chi connectivity index (χ2n) is 2.88. The number of nitrogens with one attached hydrogen (secondary N) is 1. The lowest BCUT2D eigenvalue weighted by Crippen LogP contribution is -1.97. The summed E-state index contributed by atoms with van der Waals surface area (Å²) in [6.45, 7) is 2.03. The third-order valence-corrected chi connectivity index (χ3v) is 2.97. The molecule has 0 spiro atoms. The fourth-order valence-electron chi connectivity index (χ4n) is 1.22. The highest BCUT2D eigenvalue weighted by Gasteiger charge is 2.07. The average Bonchev–Trinajstić information content (AvgIpc) is 2.63. The van der Waals surface area contributed by atoms with Crippen LogP contribution < -0.4 is 4.74 Å². The van der Waals surface area contributed by atoms with Gasteiger partial charge >= 0.3 is 0 Å². The molecule has 0 aliphatic heterocycles. The largest absolute Gasteiger partial charge is 0.468 e. The van der Waals surface area contributed by atoms with Gasteiger partial charge in [-0.25, -0.2) is 4.98 Å². The van der Waals surface area contributed by atoms with Crippen LogP contribution in [-0.2, 0) is 0 Å². The van der Waals surface area contributed by atoms with Crippen LogP contribution in [0.2, 0.25) is 0 Å². The van der Waals surface area contributed by atoms with Crippen LogP contribution in [0.1, 0.15) is 4.88 Å². The highest BCUT2D eigenvalue weighted by molar-refractivity contribution is 7.71. The molecule has 2 aromatic rings. The molecule has 0 bridgehead atoms. The third-order valence-electron chi connectivity index (χ3n) is 1.94. The van der Waals surface area contributed by atoms with Crippen LogP contribution in [0, 0.1) is 11.7 Å². The summed E-state index contributed by atoms with van der Waals surface area (Å²) in [5.74, 6) is 0.700. The Hall–Kier alpha value is -1.27. The lowest BCUT2D eigenvalue weighted by molar-refractivity contribution is 0.378. The number of aryl methyl sites for hydroxylation is 1. The minimum absolute atomic E-state index is 0.284. The molecule has 0 saturated carbocycles. The molecule has 15 heavy (non-hydrogen) atoms. The Morgan fingerprint density at radius 2 is 2.27 bits per heavy atom. The summed E-state index contributed by atoms with van der Waals surface area (Å²) in [5, 5.41) is 2.01. The normalized spacial score (nSPS) is 10.3. The van der Waals surface area contributed by atoms with E-state index in [1.807, 2.05) is 18.4 Å². The number of methoxy groups -OCH3 is 1. The minimum atomic E-state index is 0.284. The molecule has 4 nitrogen and oxygen atoms in total. The monoisotopic (exact) mass is 239 g/mol. The molecule has 2 rings (SSSR count). The smallest absolute Gasteiger partial charge is 0.297 e. The summed E-state index contributed by atoms with van der Waals surface area (Å²) < 4.78 is 5.29. The zero-order chi connectivity index (χ0) is 10.8. The predicted octanol–water partition coefficient (Wildman–Crippen LogP) is 2.58. The SMILES string of the molecule is COc1nc(=S)nc(-c2ccsc2C)[nH]1. The number of aromatic amines is 1. The number of hydrogen-bond acceptors (Lipinski definition) is 5. The summed E-state index contributed by atoms with van der Waals surface area (Å²) in [6.07, 6.45) is 0. The molecule has 0 atom stereocenters. The van der Waals surface area contributed by atoms with E-state index >= 15 is 0 Å². The van der Waals surface area contributed by atoms with E-state index in [0.29, 0.717) is 11.8 Å². The number of ether oxygens (including phenoxy) is 1. The molecule has 0 fully saturated rings. The molecule has 78 valence electrons. The second kappa shape index (κ2) is 4.08. The lowest BCUT2D eigenvalue weighted by Gasteiger charge is -2.02. The fraction of sp³-hybridized carbons (Fsp3) is 0.222. The molecule has 0 aliphatic carbocycles. The number of thiophene rings is 1. The lowest BCUT2D eigenvalue weighted by atomic mass is 10.2. The molecule has 0 aliphatic rings. The van der Waals surface area contributed by atoms with Gasteiger partial charge in [0.2, 0.25) is 4.77 Å². The number of aromatic nitrogens is 3. The first kappa shape index (κ1) is 10.3. The number of rotatable bonds is 2. The molecule has 0 amide bonds. The average molecular weight is 239 g/mol. The first-order valence-electron chi connectivity index (χ1n) is 4.27. The Labute approximate surface area is 96.0 Å². The fourth-order valence-corrected chi connectivity index (χ4v) is 2.09. The first-order chi connectivity index (χ1) is 7.20. The maximum absolute atomic E-state index is 5.00. The van der Waals surface area contributed by atoms with Gasteiger partial charge in [0.25, 0.3) is 6.01 Å². The summed E-state index contributed by atoms with van der Waals surface area (Å²) >= 11 is 6.62. The van der Waals surface area contributed by atoms with Crippen molar-refractivity contribution >= 4 is 23.6 Å². The second-order valence-corrected chi connectivity index (χ2v) is 4.36. The Bertz CT molecular complexity index is 532. The van der Waals surface area contributed by atoms with Crippen molar-refractivity contribution in [3.05, 3.63) is 21.1 Å². The molecule has 0 saturated heterocycles. The van der Waals surface area contributed by atoms with Crippen molar-refractivity contribution in [1.29, 1.82) is 0 Å². The van der Waals surface area contributed by atoms with Crippen molar-refractivity contribution in [2.24, 2.45) is 0 Å². The maximum Gasteiger partial charge on any atom is 0.297 e. The van der Waals surface area contributed by atoms with E-state index in [1.54, 1.807) is 11.3 Å². The Kier molecular flexibility index (Phi) is 2.79. The van der Waals surface area contributed by atoms with Crippen molar-refractivity contribution in [2.75, 3.05) is 7.11 Å². The van der Waals surface area contributed by atoms with Crippen molar-refractivity contribution in [1.82, 2.24) is 15.0 Å².